The number of methoxy groups -OCH3 is 1. The Hall–Kier alpha value is -2.08. The zero-order valence-corrected chi connectivity index (χ0v) is 13.7. The Morgan fingerprint density at radius 1 is 1.35 bits per heavy atom. The van der Waals surface area contributed by atoms with Crippen LogP contribution in [-0.2, 0) is 20.9 Å². The minimum absolute atomic E-state index is 0.0455. The molecule has 0 radical (unpaired) electrons. The molecule has 0 saturated carbocycles. The number of rotatable bonds is 6. The number of carbonyl (C=O) groups excluding carboxylic acids is 2. The summed E-state index contributed by atoms with van der Waals surface area (Å²) in [6.45, 7) is 3.21. The van der Waals surface area contributed by atoms with Gasteiger partial charge in [0.15, 0.2) is 0 Å². The van der Waals surface area contributed by atoms with E-state index in [4.69, 9.17) is 15.2 Å². The van der Waals surface area contributed by atoms with Crippen molar-refractivity contribution in [2.45, 2.75) is 32.5 Å². The van der Waals surface area contributed by atoms with E-state index in [1.165, 1.54) is 0 Å². The normalized spacial score (nSPS) is 16.9. The molecule has 2 rings (SSSR count). The number of nitrogens with two attached hydrogens (primary N) is 1. The maximum absolute atomic E-state index is 12.4. The van der Waals surface area contributed by atoms with E-state index in [-0.39, 0.29) is 17.7 Å². The fourth-order valence-corrected chi connectivity index (χ4v) is 2.70. The van der Waals surface area contributed by atoms with Gasteiger partial charge < -0.3 is 20.1 Å². The van der Waals surface area contributed by atoms with Crippen LogP contribution in [0.5, 0.6) is 5.75 Å². The molecule has 23 heavy (non-hydrogen) atoms. The molecule has 2 amide bonds. The number of amides is 2. The molecular weight excluding hydrogens is 296 g/mol. The molecule has 1 fully saturated rings. The van der Waals surface area contributed by atoms with Crippen LogP contribution in [0.1, 0.15) is 25.3 Å². The molecule has 1 saturated heterocycles. The molecule has 6 heteroatoms. The van der Waals surface area contributed by atoms with Gasteiger partial charge in [-0.15, -0.1) is 0 Å². The third-order valence-corrected chi connectivity index (χ3v) is 4.19. The summed E-state index contributed by atoms with van der Waals surface area (Å²) in [6.07, 6.45) is 0.735. The van der Waals surface area contributed by atoms with Gasteiger partial charge in [-0.05, 0) is 37.5 Å². The van der Waals surface area contributed by atoms with Crippen LogP contribution in [0.15, 0.2) is 24.3 Å². The summed E-state index contributed by atoms with van der Waals surface area (Å²) in [5.74, 6) is 0.320. The van der Waals surface area contributed by atoms with Crippen molar-refractivity contribution in [3.8, 4) is 5.75 Å². The molecule has 1 heterocycles. The Labute approximate surface area is 136 Å². The lowest BCUT2D eigenvalue weighted by atomic mass is 9.96. The predicted octanol–water partition coefficient (Wildman–Crippen LogP) is 1.32. The van der Waals surface area contributed by atoms with E-state index in [9.17, 15) is 9.59 Å². The number of hydrogen-bond acceptors (Lipinski definition) is 4. The maximum atomic E-state index is 12.4. The standard InChI is InChI=1S/C17H24N2O4/c1-12(23-11-13-4-3-5-15(10-13)22-2)17(21)19-8-6-14(7-9-19)16(18)20/h3-5,10,12,14H,6-9,11H2,1-2H3,(H2,18,20)/t12-/m0/s1. The van der Waals surface area contributed by atoms with E-state index in [2.05, 4.69) is 0 Å². The van der Waals surface area contributed by atoms with Gasteiger partial charge >= 0.3 is 0 Å². The minimum Gasteiger partial charge on any atom is -0.497 e. The molecule has 2 N–H and O–H groups in total. The quantitative estimate of drug-likeness (QED) is 0.857. The molecule has 0 bridgehead atoms. The van der Waals surface area contributed by atoms with Gasteiger partial charge in [-0.1, -0.05) is 12.1 Å². The summed E-state index contributed by atoms with van der Waals surface area (Å²) < 4.78 is 10.8. The van der Waals surface area contributed by atoms with Gasteiger partial charge in [0.1, 0.15) is 11.9 Å². The number of piperidine rings is 1. The van der Waals surface area contributed by atoms with Gasteiger partial charge in [0.2, 0.25) is 5.91 Å². The van der Waals surface area contributed by atoms with Crippen molar-refractivity contribution in [3.63, 3.8) is 0 Å². The maximum Gasteiger partial charge on any atom is 0.251 e. The van der Waals surface area contributed by atoms with Gasteiger partial charge in [0.25, 0.3) is 5.91 Å². The van der Waals surface area contributed by atoms with Crippen LogP contribution < -0.4 is 10.5 Å². The van der Waals surface area contributed by atoms with Gasteiger partial charge in [-0.2, -0.15) is 0 Å². The van der Waals surface area contributed by atoms with Crippen LogP contribution in [0, 0.1) is 5.92 Å². The fraction of sp³-hybridized carbons (Fsp3) is 0.529. The number of hydrogen-bond donors (Lipinski definition) is 1. The Balaban J connectivity index is 1.82. The number of benzene rings is 1. The van der Waals surface area contributed by atoms with Gasteiger partial charge in [-0.3, -0.25) is 9.59 Å². The molecule has 1 atom stereocenters. The third-order valence-electron chi connectivity index (χ3n) is 4.19. The lowest BCUT2D eigenvalue weighted by molar-refractivity contribution is -0.145. The highest BCUT2D eigenvalue weighted by Gasteiger charge is 2.28. The zero-order chi connectivity index (χ0) is 16.8. The average molecular weight is 320 g/mol. The van der Waals surface area contributed by atoms with Crippen molar-refractivity contribution in [1.29, 1.82) is 0 Å². The van der Waals surface area contributed by atoms with E-state index in [1.807, 2.05) is 24.3 Å². The first-order valence-electron chi connectivity index (χ1n) is 7.84. The van der Waals surface area contributed by atoms with Crippen LogP contribution in [0.3, 0.4) is 0 Å². The molecule has 1 aromatic rings. The smallest absolute Gasteiger partial charge is 0.251 e. The highest BCUT2D eigenvalue weighted by atomic mass is 16.5. The summed E-state index contributed by atoms with van der Waals surface area (Å²) in [7, 11) is 1.61. The zero-order valence-electron chi connectivity index (χ0n) is 13.7. The number of likely N-dealkylation sites (tertiary alicyclic amines) is 1. The third kappa shape index (κ3) is 4.69. The van der Waals surface area contributed by atoms with Crippen LogP contribution in [0.25, 0.3) is 0 Å². The lowest BCUT2D eigenvalue weighted by Gasteiger charge is -2.32. The SMILES string of the molecule is COc1cccc(CO[C@@H](C)C(=O)N2CCC(C(N)=O)CC2)c1. The largest absolute Gasteiger partial charge is 0.497 e. The predicted molar refractivity (Wildman–Crippen MR) is 85.7 cm³/mol. The van der Waals surface area contributed by atoms with E-state index < -0.39 is 6.10 Å². The van der Waals surface area contributed by atoms with E-state index >= 15 is 0 Å². The van der Waals surface area contributed by atoms with Crippen molar-refractivity contribution in [2.24, 2.45) is 11.7 Å². The Kier molecular flexibility index (Phi) is 5.98. The molecule has 0 aromatic heterocycles. The molecular formula is C17H24N2O4. The first-order chi connectivity index (χ1) is 11.0. The minimum atomic E-state index is -0.522. The molecule has 0 aliphatic carbocycles. The Morgan fingerprint density at radius 3 is 2.65 bits per heavy atom. The second-order valence-electron chi connectivity index (χ2n) is 5.81. The highest BCUT2D eigenvalue weighted by molar-refractivity contribution is 5.81. The van der Waals surface area contributed by atoms with Crippen LogP contribution >= 0.6 is 0 Å². The van der Waals surface area contributed by atoms with Crippen LogP contribution in [0.2, 0.25) is 0 Å². The number of ether oxygens (including phenoxy) is 2. The summed E-state index contributed by atoms with van der Waals surface area (Å²) >= 11 is 0. The van der Waals surface area contributed by atoms with Crippen molar-refractivity contribution < 1.29 is 19.1 Å². The molecule has 126 valence electrons. The number of carbonyl (C=O) groups is 2. The Morgan fingerprint density at radius 2 is 2.04 bits per heavy atom. The molecule has 1 aliphatic heterocycles. The second kappa shape index (κ2) is 7.97. The van der Waals surface area contributed by atoms with Crippen molar-refractivity contribution in [2.75, 3.05) is 20.2 Å². The summed E-state index contributed by atoms with van der Waals surface area (Å²) in [5, 5.41) is 0. The molecule has 0 spiro atoms. The second-order valence-corrected chi connectivity index (χ2v) is 5.81. The van der Waals surface area contributed by atoms with Crippen molar-refractivity contribution in [3.05, 3.63) is 29.8 Å². The van der Waals surface area contributed by atoms with Crippen molar-refractivity contribution in [1.82, 2.24) is 4.90 Å². The fourth-order valence-electron chi connectivity index (χ4n) is 2.70. The van der Waals surface area contributed by atoms with E-state index in [0.717, 1.165) is 11.3 Å². The monoisotopic (exact) mass is 320 g/mol. The van der Waals surface area contributed by atoms with Crippen molar-refractivity contribution >= 4 is 11.8 Å². The number of primary amides is 1. The van der Waals surface area contributed by atoms with Gasteiger partial charge in [0, 0.05) is 19.0 Å². The highest BCUT2D eigenvalue weighted by Crippen LogP contribution is 2.18. The summed E-state index contributed by atoms with van der Waals surface area (Å²) in [5.41, 5.74) is 6.26. The average Bonchev–Trinajstić information content (AvgIpc) is 2.59. The molecule has 1 aliphatic rings. The molecule has 6 nitrogen and oxygen atoms in total. The summed E-state index contributed by atoms with van der Waals surface area (Å²) in [4.78, 5) is 25.3. The topological polar surface area (TPSA) is 81.9 Å². The van der Waals surface area contributed by atoms with Crippen LogP contribution in [0.4, 0.5) is 0 Å². The first-order valence-corrected chi connectivity index (χ1v) is 7.84. The van der Waals surface area contributed by atoms with E-state index in [0.29, 0.717) is 32.5 Å². The number of nitrogens with zero attached hydrogens (tertiary/aromatic N) is 1. The van der Waals surface area contributed by atoms with Crippen LogP contribution in [-0.4, -0.2) is 43.0 Å². The van der Waals surface area contributed by atoms with Gasteiger partial charge in [-0.25, -0.2) is 0 Å². The molecule has 0 unspecified atom stereocenters. The Bertz CT molecular complexity index is 553. The molecule has 1 aromatic carbocycles. The van der Waals surface area contributed by atoms with Gasteiger partial charge in [0.05, 0.1) is 13.7 Å². The lowest BCUT2D eigenvalue weighted by Crippen LogP contribution is -2.45. The first kappa shape index (κ1) is 17.3. The summed E-state index contributed by atoms with van der Waals surface area (Å²) in [6, 6.07) is 7.56. The van der Waals surface area contributed by atoms with E-state index in [1.54, 1.807) is 18.9 Å².